The Morgan fingerprint density at radius 1 is 1.69 bits per heavy atom. The van der Waals surface area contributed by atoms with Crippen LogP contribution in [0.1, 0.15) is 39.5 Å². The fourth-order valence-electron chi connectivity index (χ4n) is 1.77. The molecule has 5 nitrogen and oxygen atoms in total. The van der Waals surface area contributed by atoms with Crippen molar-refractivity contribution in [2.45, 2.75) is 57.7 Å². The summed E-state index contributed by atoms with van der Waals surface area (Å²) in [7, 11) is 0. The highest BCUT2D eigenvalue weighted by Crippen LogP contribution is 2.20. The predicted molar refractivity (Wildman–Crippen MR) is 58.0 cm³/mol. The predicted octanol–water partition coefficient (Wildman–Crippen LogP) is 0.923. The highest BCUT2D eigenvalue weighted by atomic mass is 16.6. The third-order valence-corrected chi connectivity index (χ3v) is 2.77. The zero-order valence-electron chi connectivity index (χ0n) is 9.73. The van der Waals surface area contributed by atoms with E-state index in [1.165, 1.54) is 6.92 Å². The molecule has 3 atom stereocenters. The number of carbonyl (C=O) groups excluding carboxylic acids is 1. The molecule has 0 amide bonds. The van der Waals surface area contributed by atoms with Crippen LogP contribution in [0, 0.1) is 0 Å². The molecule has 1 saturated heterocycles. The van der Waals surface area contributed by atoms with Gasteiger partial charge in [-0.3, -0.25) is 14.9 Å². The summed E-state index contributed by atoms with van der Waals surface area (Å²) in [5.74, 6) is -1.28. The van der Waals surface area contributed by atoms with Crippen LogP contribution >= 0.6 is 0 Å². The van der Waals surface area contributed by atoms with Gasteiger partial charge in [-0.05, 0) is 13.3 Å². The minimum Gasteiger partial charge on any atom is -0.480 e. The largest absolute Gasteiger partial charge is 0.480 e. The normalized spacial score (nSPS) is 26.5. The van der Waals surface area contributed by atoms with Gasteiger partial charge in [0, 0.05) is 6.42 Å². The van der Waals surface area contributed by atoms with E-state index in [9.17, 15) is 9.59 Å². The van der Waals surface area contributed by atoms with Crippen molar-refractivity contribution in [2.24, 2.45) is 0 Å². The summed E-state index contributed by atoms with van der Waals surface area (Å²) < 4.78 is 5.16. The molecule has 0 radical (unpaired) electrons. The van der Waals surface area contributed by atoms with Crippen LogP contribution in [0.5, 0.6) is 0 Å². The quantitative estimate of drug-likeness (QED) is 0.662. The number of unbranched alkanes of at least 4 members (excludes halogenated alkanes) is 1. The maximum Gasteiger partial charge on any atom is 0.323 e. The number of hydrogen-bond acceptors (Lipinski definition) is 4. The lowest BCUT2D eigenvalue weighted by Crippen LogP contribution is -2.43. The van der Waals surface area contributed by atoms with E-state index in [1.54, 1.807) is 0 Å². The Morgan fingerprint density at radius 2 is 2.38 bits per heavy atom. The maximum atomic E-state index is 11.4. The number of carboxylic acid groups (broad SMARTS) is 1. The maximum absolute atomic E-state index is 11.4. The van der Waals surface area contributed by atoms with Crippen LogP contribution in [0.2, 0.25) is 0 Å². The topological polar surface area (TPSA) is 75.6 Å². The molecule has 0 aromatic rings. The minimum absolute atomic E-state index is 0.0501. The van der Waals surface area contributed by atoms with Crippen molar-refractivity contribution in [2.75, 3.05) is 0 Å². The van der Waals surface area contributed by atoms with Gasteiger partial charge in [-0.25, -0.2) is 0 Å². The molecule has 0 aromatic heterocycles. The Labute approximate surface area is 95.2 Å². The lowest BCUT2D eigenvalue weighted by atomic mass is 10.1. The third kappa shape index (κ3) is 3.48. The molecule has 5 heteroatoms. The zero-order chi connectivity index (χ0) is 12.1. The van der Waals surface area contributed by atoms with Gasteiger partial charge in [-0.15, -0.1) is 0 Å². The Kier molecular flexibility index (Phi) is 4.73. The van der Waals surface area contributed by atoms with Crippen LogP contribution in [0.25, 0.3) is 0 Å². The first-order chi connectivity index (χ1) is 7.54. The van der Waals surface area contributed by atoms with Crippen LogP contribution < -0.4 is 5.32 Å². The van der Waals surface area contributed by atoms with Gasteiger partial charge in [0.1, 0.15) is 18.2 Å². The van der Waals surface area contributed by atoms with Gasteiger partial charge in [0.15, 0.2) is 0 Å². The molecule has 1 rings (SSSR count). The smallest absolute Gasteiger partial charge is 0.323 e. The molecule has 2 N–H and O–H groups in total. The van der Waals surface area contributed by atoms with Gasteiger partial charge in [0.2, 0.25) is 0 Å². The summed E-state index contributed by atoms with van der Waals surface area (Å²) in [5, 5.41) is 11.5. The van der Waals surface area contributed by atoms with Crippen molar-refractivity contribution in [1.29, 1.82) is 0 Å². The highest BCUT2D eigenvalue weighted by molar-refractivity contribution is 5.80. The third-order valence-electron chi connectivity index (χ3n) is 2.77. The van der Waals surface area contributed by atoms with Crippen molar-refractivity contribution in [1.82, 2.24) is 5.32 Å². The molecule has 16 heavy (non-hydrogen) atoms. The molecule has 1 heterocycles. The lowest BCUT2D eigenvalue weighted by molar-refractivity contribution is -0.144. The SMILES string of the molecule is CCCCC1CC(N[C@@H](C)C(=O)O)C(=O)O1. The Hall–Kier alpha value is -1.10. The first-order valence-electron chi connectivity index (χ1n) is 5.74. The lowest BCUT2D eigenvalue weighted by Gasteiger charge is -2.12. The van der Waals surface area contributed by atoms with Crippen LogP contribution in [0.3, 0.4) is 0 Å². The second kappa shape index (κ2) is 5.84. The van der Waals surface area contributed by atoms with Gasteiger partial charge in [-0.1, -0.05) is 19.8 Å². The first-order valence-corrected chi connectivity index (χ1v) is 5.74. The Morgan fingerprint density at radius 3 is 2.94 bits per heavy atom. The number of carboxylic acids is 1. The molecule has 0 bridgehead atoms. The fraction of sp³-hybridized carbons (Fsp3) is 0.818. The van der Waals surface area contributed by atoms with E-state index < -0.39 is 18.1 Å². The number of esters is 1. The number of ether oxygens (including phenoxy) is 1. The summed E-state index contributed by atoms with van der Waals surface area (Å²) in [4.78, 5) is 22.1. The van der Waals surface area contributed by atoms with Crippen LogP contribution in [-0.4, -0.2) is 35.2 Å². The van der Waals surface area contributed by atoms with Gasteiger partial charge >= 0.3 is 11.9 Å². The van der Waals surface area contributed by atoms with Crippen molar-refractivity contribution in [3.8, 4) is 0 Å². The highest BCUT2D eigenvalue weighted by Gasteiger charge is 2.35. The summed E-state index contributed by atoms with van der Waals surface area (Å²) in [5.41, 5.74) is 0. The fourth-order valence-corrected chi connectivity index (χ4v) is 1.77. The van der Waals surface area contributed by atoms with Gasteiger partial charge in [0.05, 0.1) is 0 Å². The number of hydrogen-bond donors (Lipinski definition) is 2. The summed E-state index contributed by atoms with van der Waals surface area (Å²) in [6, 6.07) is -1.18. The van der Waals surface area contributed by atoms with Gasteiger partial charge in [0.25, 0.3) is 0 Å². The molecule has 92 valence electrons. The van der Waals surface area contributed by atoms with Crippen LogP contribution in [0.4, 0.5) is 0 Å². The number of aliphatic carboxylic acids is 1. The molecule has 1 aliphatic heterocycles. The molecule has 1 fully saturated rings. The van der Waals surface area contributed by atoms with E-state index in [4.69, 9.17) is 9.84 Å². The second-order valence-corrected chi connectivity index (χ2v) is 4.22. The molecule has 0 saturated carbocycles. The summed E-state index contributed by atoms with van der Waals surface area (Å²) in [6.45, 7) is 3.61. The minimum atomic E-state index is -0.954. The van der Waals surface area contributed by atoms with Crippen LogP contribution in [-0.2, 0) is 14.3 Å². The van der Waals surface area contributed by atoms with E-state index in [0.717, 1.165) is 19.3 Å². The monoisotopic (exact) mass is 229 g/mol. The number of carbonyl (C=O) groups is 2. The van der Waals surface area contributed by atoms with E-state index >= 15 is 0 Å². The zero-order valence-corrected chi connectivity index (χ0v) is 9.73. The van der Waals surface area contributed by atoms with Crippen molar-refractivity contribution in [3.63, 3.8) is 0 Å². The number of rotatable bonds is 6. The molecule has 0 spiro atoms. The van der Waals surface area contributed by atoms with Crippen LogP contribution in [0.15, 0.2) is 0 Å². The van der Waals surface area contributed by atoms with Crippen molar-refractivity contribution < 1.29 is 19.4 Å². The molecule has 0 aliphatic carbocycles. The summed E-state index contributed by atoms with van der Waals surface area (Å²) in [6.07, 6.45) is 3.49. The van der Waals surface area contributed by atoms with Crippen molar-refractivity contribution >= 4 is 11.9 Å². The molecule has 2 unspecified atom stereocenters. The van der Waals surface area contributed by atoms with E-state index in [0.29, 0.717) is 6.42 Å². The number of cyclic esters (lactones) is 1. The average molecular weight is 229 g/mol. The molecule has 1 aliphatic rings. The van der Waals surface area contributed by atoms with Gasteiger partial charge in [-0.2, -0.15) is 0 Å². The number of nitrogens with one attached hydrogen (secondary N) is 1. The molecular formula is C11H19NO4. The molecular weight excluding hydrogens is 210 g/mol. The Balaban J connectivity index is 2.39. The average Bonchev–Trinajstić information content (AvgIpc) is 2.56. The van der Waals surface area contributed by atoms with Gasteiger partial charge < -0.3 is 9.84 Å². The van der Waals surface area contributed by atoms with E-state index in [-0.39, 0.29) is 12.1 Å². The summed E-state index contributed by atoms with van der Waals surface area (Å²) >= 11 is 0. The molecule has 0 aromatic carbocycles. The standard InChI is InChI=1S/C11H19NO4/c1-3-4-5-8-6-9(11(15)16-8)12-7(2)10(13)14/h7-9,12H,3-6H2,1-2H3,(H,13,14)/t7-,8?,9?/m0/s1. The van der Waals surface area contributed by atoms with E-state index in [2.05, 4.69) is 12.2 Å². The Bertz CT molecular complexity index is 267. The van der Waals surface area contributed by atoms with Crippen molar-refractivity contribution in [3.05, 3.63) is 0 Å². The second-order valence-electron chi connectivity index (χ2n) is 4.22. The van der Waals surface area contributed by atoms with E-state index in [1.807, 2.05) is 0 Å². The first kappa shape index (κ1) is 13.0.